The number of carbonyl (C=O) groups is 3. The number of hydrogen-bond donors (Lipinski definition) is 2. The molecule has 0 aliphatic heterocycles. The molecule has 2 atom stereocenters. The summed E-state index contributed by atoms with van der Waals surface area (Å²) in [6.45, 7) is 4.49. The SMILES string of the molecule is CC(=O)OCOC(=O)C(N)C(CC(=O)O)CC(C)C. The van der Waals surface area contributed by atoms with E-state index < -0.39 is 36.7 Å². The highest BCUT2D eigenvalue weighted by molar-refractivity contribution is 5.77. The zero-order valence-corrected chi connectivity index (χ0v) is 11.4. The van der Waals surface area contributed by atoms with Crippen LogP contribution in [-0.2, 0) is 23.9 Å². The molecule has 0 saturated carbocycles. The van der Waals surface area contributed by atoms with Gasteiger partial charge in [-0.25, -0.2) is 0 Å². The zero-order valence-electron chi connectivity index (χ0n) is 11.4. The Kier molecular flexibility index (Phi) is 7.74. The Bertz CT molecular complexity index is 328. The molecule has 7 nitrogen and oxygen atoms in total. The van der Waals surface area contributed by atoms with Crippen molar-refractivity contribution in [2.24, 2.45) is 17.6 Å². The molecule has 0 aliphatic carbocycles. The lowest BCUT2D eigenvalue weighted by atomic mass is 9.88. The Morgan fingerprint density at radius 1 is 1.21 bits per heavy atom. The van der Waals surface area contributed by atoms with Crippen molar-refractivity contribution in [2.45, 2.75) is 39.7 Å². The second-order valence-corrected chi connectivity index (χ2v) is 4.73. The van der Waals surface area contributed by atoms with Gasteiger partial charge in [0.2, 0.25) is 6.79 Å². The van der Waals surface area contributed by atoms with Gasteiger partial charge in [0.25, 0.3) is 0 Å². The van der Waals surface area contributed by atoms with E-state index in [-0.39, 0.29) is 12.3 Å². The molecule has 0 amide bonds. The van der Waals surface area contributed by atoms with Gasteiger partial charge in [0, 0.05) is 6.92 Å². The number of hydrogen-bond acceptors (Lipinski definition) is 6. The van der Waals surface area contributed by atoms with Gasteiger partial charge in [0.05, 0.1) is 6.42 Å². The molecule has 0 saturated heterocycles. The normalized spacial score (nSPS) is 13.7. The van der Waals surface area contributed by atoms with Gasteiger partial charge in [-0.05, 0) is 18.3 Å². The van der Waals surface area contributed by atoms with Crippen molar-refractivity contribution in [3.8, 4) is 0 Å². The Balaban J connectivity index is 4.42. The van der Waals surface area contributed by atoms with Crippen molar-refractivity contribution < 1.29 is 29.0 Å². The van der Waals surface area contributed by atoms with Crippen molar-refractivity contribution in [3.05, 3.63) is 0 Å². The summed E-state index contributed by atoms with van der Waals surface area (Å²) in [5, 5.41) is 8.80. The van der Waals surface area contributed by atoms with E-state index >= 15 is 0 Å². The number of rotatable bonds is 8. The summed E-state index contributed by atoms with van der Waals surface area (Å²) >= 11 is 0. The summed E-state index contributed by atoms with van der Waals surface area (Å²) in [5.41, 5.74) is 5.70. The number of nitrogens with two attached hydrogens (primary N) is 1. The van der Waals surface area contributed by atoms with Gasteiger partial charge in [-0.2, -0.15) is 0 Å². The van der Waals surface area contributed by atoms with Crippen LogP contribution in [-0.4, -0.2) is 35.8 Å². The first-order valence-electron chi connectivity index (χ1n) is 6.01. The van der Waals surface area contributed by atoms with Crippen molar-refractivity contribution in [1.29, 1.82) is 0 Å². The maximum absolute atomic E-state index is 11.6. The van der Waals surface area contributed by atoms with E-state index in [1.54, 1.807) is 0 Å². The molecule has 0 fully saturated rings. The number of carbonyl (C=O) groups excluding carboxylic acids is 2. The first-order valence-corrected chi connectivity index (χ1v) is 6.01. The van der Waals surface area contributed by atoms with Crippen molar-refractivity contribution in [1.82, 2.24) is 0 Å². The molecule has 7 heteroatoms. The number of esters is 2. The second-order valence-electron chi connectivity index (χ2n) is 4.73. The zero-order chi connectivity index (χ0) is 15.0. The van der Waals surface area contributed by atoms with E-state index in [2.05, 4.69) is 9.47 Å². The van der Waals surface area contributed by atoms with Gasteiger partial charge in [0.15, 0.2) is 0 Å². The molecule has 19 heavy (non-hydrogen) atoms. The highest BCUT2D eigenvalue weighted by Crippen LogP contribution is 2.19. The van der Waals surface area contributed by atoms with Crippen LogP contribution in [0.1, 0.15) is 33.6 Å². The lowest BCUT2D eigenvalue weighted by Gasteiger charge is -2.22. The first kappa shape index (κ1) is 17.4. The minimum Gasteiger partial charge on any atom is -0.481 e. The molecule has 0 aliphatic rings. The van der Waals surface area contributed by atoms with Crippen molar-refractivity contribution >= 4 is 17.9 Å². The van der Waals surface area contributed by atoms with Gasteiger partial charge in [-0.1, -0.05) is 13.8 Å². The van der Waals surface area contributed by atoms with Crippen molar-refractivity contribution in [2.75, 3.05) is 6.79 Å². The molecule has 110 valence electrons. The summed E-state index contributed by atoms with van der Waals surface area (Å²) in [7, 11) is 0. The third-order valence-corrected chi connectivity index (χ3v) is 2.45. The molecule has 0 rings (SSSR count). The summed E-state index contributed by atoms with van der Waals surface area (Å²) in [4.78, 5) is 32.8. The molecule has 0 aromatic carbocycles. The van der Waals surface area contributed by atoms with Crippen LogP contribution >= 0.6 is 0 Å². The average Bonchev–Trinajstić information content (AvgIpc) is 2.25. The molecule has 0 heterocycles. The van der Waals surface area contributed by atoms with Crippen LogP contribution in [0.25, 0.3) is 0 Å². The predicted octanol–water partition coefficient (Wildman–Crippen LogP) is 0.515. The monoisotopic (exact) mass is 275 g/mol. The van der Waals surface area contributed by atoms with Crippen LogP contribution in [0, 0.1) is 11.8 Å². The highest BCUT2D eigenvalue weighted by atomic mass is 16.7. The molecule has 0 radical (unpaired) electrons. The fraction of sp³-hybridized carbons (Fsp3) is 0.750. The number of carboxylic acids is 1. The average molecular weight is 275 g/mol. The highest BCUT2D eigenvalue weighted by Gasteiger charge is 2.28. The summed E-state index contributed by atoms with van der Waals surface area (Å²) in [6, 6.07) is -1.05. The maximum Gasteiger partial charge on any atom is 0.326 e. The molecule has 0 aromatic rings. The Morgan fingerprint density at radius 2 is 1.79 bits per heavy atom. The van der Waals surface area contributed by atoms with Gasteiger partial charge in [-0.15, -0.1) is 0 Å². The van der Waals surface area contributed by atoms with Crippen LogP contribution in [0.3, 0.4) is 0 Å². The Morgan fingerprint density at radius 3 is 2.21 bits per heavy atom. The second kappa shape index (κ2) is 8.47. The fourth-order valence-electron chi connectivity index (χ4n) is 1.65. The van der Waals surface area contributed by atoms with E-state index in [9.17, 15) is 14.4 Å². The minimum absolute atomic E-state index is 0.205. The van der Waals surface area contributed by atoms with Crippen LogP contribution in [0.15, 0.2) is 0 Å². The molecule has 0 spiro atoms. The third kappa shape index (κ3) is 8.15. The minimum atomic E-state index is -1.05. The number of carboxylic acid groups (broad SMARTS) is 1. The topological polar surface area (TPSA) is 116 Å². The van der Waals surface area contributed by atoms with E-state index in [1.165, 1.54) is 6.92 Å². The summed E-state index contributed by atoms with van der Waals surface area (Å²) < 4.78 is 9.11. The smallest absolute Gasteiger partial charge is 0.326 e. The van der Waals surface area contributed by atoms with Crippen LogP contribution < -0.4 is 5.73 Å². The first-order chi connectivity index (χ1) is 8.73. The third-order valence-electron chi connectivity index (χ3n) is 2.45. The summed E-state index contributed by atoms with van der Waals surface area (Å²) in [6.07, 6.45) is 0.290. The van der Waals surface area contributed by atoms with E-state index in [1.807, 2.05) is 13.8 Å². The molecule has 3 N–H and O–H groups in total. The fourth-order valence-corrected chi connectivity index (χ4v) is 1.65. The maximum atomic E-state index is 11.6. The van der Waals surface area contributed by atoms with Crippen LogP contribution in [0.4, 0.5) is 0 Å². The van der Waals surface area contributed by atoms with E-state index in [4.69, 9.17) is 10.8 Å². The molecular weight excluding hydrogens is 254 g/mol. The van der Waals surface area contributed by atoms with Gasteiger partial charge in [0.1, 0.15) is 6.04 Å². The van der Waals surface area contributed by atoms with Crippen LogP contribution in [0.2, 0.25) is 0 Å². The van der Waals surface area contributed by atoms with Crippen molar-refractivity contribution in [3.63, 3.8) is 0 Å². The van der Waals surface area contributed by atoms with Gasteiger partial charge in [-0.3, -0.25) is 14.4 Å². The number of ether oxygens (including phenoxy) is 2. The van der Waals surface area contributed by atoms with Gasteiger partial charge >= 0.3 is 17.9 Å². The molecule has 2 unspecified atom stereocenters. The quantitative estimate of drug-likeness (QED) is 0.489. The van der Waals surface area contributed by atoms with Crippen LogP contribution in [0.5, 0.6) is 0 Å². The number of aliphatic carboxylic acids is 1. The predicted molar refractivity (Wildman–Crippen MR) is 65.9 cm³/mol. The van der Waals surface area contributed by atoms with E-state index in [0.717, 1.165) is 0 Å². The molecule has 0 aromatic heterocycles. The lowest BCUT2D eigenvalue weighted by molar-refractivity contribution is -0.167. The molecule has 0 bridgehead atoms. The Labute approximate surface area is 112 Å². The Hall–Kier alpha value is -1.63. The molecular formula is C12H21NO6. The largest absolute Gasteiger partial charge is 0.481 e. The standard InChI is InChI=1S/C12H21NO6/c1-7(2)4-9(5-10(15)16)11(13)12(17)19-6-18-8(3)14/h7,9,11H,4-6,13H2,1-3H3,(H,15,16). The van der Waals surface area contributed by atoms with E-state index in [0.29, 0.717) is 6.42 Å². The summed E-state index contributed by atoms with van der Waals surface area (Å²) in [5.74, 6) is -2.67. The lowest BCUT2D eigenvalue weighted by Crippen LogP contribution is -2.41. The van der Waals surface area contributed by atoms with Gasteiger partial charge < -0.3 is 20.3 Å².